The lowest BCUT2D eigenvalue weighted by atomic mass is 10.0. The van der Waals surface area contributed by atoms with Gasteiger partial charge in [-0.1, -0.05) is 72.8 Å². The van der Waals surface area contributed by atoms with Gasteiger partial charge in [0, 0.05) is 12.1 Å². The van der Waals surface area contributed by atoms with Crippen LogP contribution in [0.4, 0.5) is 11.4 Å². The Hall–Kier alpha value is -3.79. The summed E-state index contributed by atoms with van der Waals surface area (Å²) in [6.45, 7) is 1.25. The van der Waals surface area contributed by atoms with E-state index in [4.69, 9.17) is 11.5 Å². The molecule has 0 aromatic heterocycles. The van der Waals surface area contributed by atoms with E-state index in [2.05, 4.69) is 52.8 Å². The molecule has 4 nitrogen and oxygen atoms in total. The van der Waals surface area contributed by atoms with Crippen LogP contribution < -0.4 is 16.8 Å². The molecule has 0 aliphatic carbocycles. The lowest BCUT2D eigenvalue weighted by Gasteiger charge is -2.12. The molecule has 0 amide bonds. The molecule has 5 N–H and O–H groups in total. The Bertz CT molecular complexity index is 1140. The van der Waals surface area contributed by atoms with Crippen molar-refractivity contribution >= 4 is 28.0 Å². The summed E-state index contributed by atoms with van der Waals surface area (Å²) in [5, 5.41) is 5.92. The first-order valence-corrected chi connectivity index (χ1v) is 9.65. The number of anilines is 2. The van der Waals surface area contributed by atoms with Crippen molar-refractivity contribution in [1.29, 1.82) is 0 Å². The summed E-state index contributed by atoms with van der Waals surface area (Å²) in [6, 6.07) is 30.5. The molecule has 144 valence electrons. The summed E-state index contributed by atoms with van der Waals surface area (Å²) in [5.74, 6) is 0.487. The van der Waals surface area contributed by atoms with Crippen molar-refractivity contribution in [3.05, 3.63) is 108 Å². The average molecular weight is 380 g/mol. The Morgan fingerprint density at radius 2 is 1.59 bits per heavy atom. The van der Waals surface area contributed by atoms with Crippen LogP contribution in [-0.2, 0) is 13.1 Å². The van der Waals surface area contributed by atoms with Crippen LogP contribution in [0.5, 0.6) is 0 Å². The summed E-state index contributed by atoms with van der Waals surface area (Å²) in [4.78, 5) is 4.48. The maximum atomic E-state index is 6.27. The van der Waals surface area contributed by atoms with Gasteiger partial charge in [0.05, 0.1) is 17.9 Å². The quantitative estimate of drug-likeness (QED) is 0.252. The molecule has 29 heavy (non-hydrogen) atoms. The summed E-state index contributed by atoms with van der Waals surface area (Å²) in [7, 11) is 0. The maximum absolute atomic E-state index is 6.27. The molecule has 0 aliphatic rings. The number of hydrogen-bond acceptors (Lipinski definition) is 3. The predicted octanol–water partition coefficient (Wildman–Crippen LogP) is 4.94. The fourth-order valence-corrected chi connectivity index (χ4v) is 3.37. The molecule has 0 fully saturated rings. The van der Waals surface area contributed by atoms with E-state index in [0.717, 1.165) is 16.8 Å². The van der Waals surface area contributed by atoms with E-state index in [9.17, 15) is 0 Å². The molecule has 0 spiro atoms. The van der Waals surface area contributed by atoms with Crippen LogP contribution in [0.2, 0.25) is 0 Å². The van der Waals surface area contributed by atoms with Crippen molar-refractivity contribution in [2.45, 2.75) is 13.1 Å². The van der Waals surface area contributed by atoms with Gasteiger partial charge in [0.25, 0.3) is 0 Å². The van der Waals surface area contributed by atoms with Crippen LogP contribution >= 0.6 is 0 Å². The highest BCUT2D eigenvalue weighted by atomic mass is 14.9. The second-order valence-electron chi connectivity index (χ2n) is 6.98. The molecule has 0 saturated carbocycles. The molecule has 4 aromatic carbocycles. The van der Waals surface area contributed by atoms with Crippen LogP contribution in [0.3, 0.4) is 0 Å². The minimum absolute atomic E-state index is 0.487. The Labute approximate surface area is 170 Å². The van der Waals surface area contributed by atoms with Gasteiger partial charge in [-0.3, -0.25) is 4.99 Å². The molecule has 4 rings (SSSR count). The van der Waals surface area contributed by atoms with Crippen LogP contribution in [0, 0.1) is 0 Å². The summed E-state index contributed by atoms with van der Waals surface area (Å²) in [6.07, 6.45) is 0. The van der Waals surface area contributed by atoms with Crippen molar-refractivity contribution in [2.24, 2.45) is 10.7 Å². The zero-order valence-corrected chi connectivity index (χ0v) is 16.2. The molecule has 0 atom stereocenters. The maximum Gasteiger partial charge on any atom is 0.126 e. The molecule has 0 bridgehead atoms. The summed E-state index contributed by atoms with van der Waals surface area (Å²) >= 11 is 0. The molecule has 0 saturated heterocycles. The van der Waals surface area contributed by atoms with E-state index >= 15 is 0 Å². The highest BCUT2D eigenvalue weighted by molar-refractivity contribution is 5.99. The molecular weight excluding hydrogens is 356 g/mol. The van der Waals surface area contributed by atoms with Gasteiger partial charge < -0.3 is 16.8 Å². The van der Waals surface area contributed by atoms with Gasteiger partial charge in [-0.05, 0) is 40.1 Å². The Morgan fingerprint density at radius 3 is 2.41 bits per heavy atom. The van der Waals surface area contributed by atoms with Crippen molar-refractivity contribution in [3.63, 3.8) is 0 Å². The third-order valence-electron chi connectivity index (χ3n) is 4.97. The van der Waals surface area contributed by atoms with E-state index in [1.165, 1.54) is 16.3 Å². The van der Waals surface area contributed by atoms with Crippen molar-refractivity contribution in [3.8, 4) is 0 Å². The summed E-state index contributed by atoms with van der Waals surface area (Å²) in [5.41, 5.74) is 17.2. The largest absolute Gasteiger partial charge is 0.397 e. The molecule has 0 radical (unpaired) electrons. The number of benzene rings is 4. The number of nitrogens with zero attached hydrogens (tertiary/aromatic N) is 1. The monoisotopic (exact) mass is 380 g/mol. The Kier molecular flexibility index (Phi) is 5.43. The first-order chi connectivity index (χ1) is 14.2. The van der Waals surface area contributed by atoms with E-state index < -0.39 is 0 Å². The molecular formula is C25H24N4. The zero-order valence-electron chi connectivity index (χ0n) is 16.2. The molecule has 0 unspecified atom stereocenters. The number of rotatable bonds is 6. The highest BCUT2D eigenvalue weighted by Gasteiger charge is 2.06. The van der Waals surface area contributed by atoms with E-state index in [0.29, 0.717) is 24.6 Å². The summed E-state index contributed by atoms with van der Waals surface area (Å²) < 4.78 is 0. The van der Waals surface area contributed by atoms with E-state index in [1.807, 2.05) is 48.5 Å². The molecule has 0 heterocycles. The van der Waals surface area contributed by atoms with Gasteiger partial charge >= 0.3 is 0 Å². The Balaban J connectivity index is 1.47. The van der Waals surface area contributed by atoms with Gasteiger partial charge in [0.2, 0.25) is 0 Å². The number of aliphatic imine (C=N–C) groups is 1. The highest BCUT2D eigenvalue weighted by Crippen LogP contribution is 2.23. The number of hydrogen-bond donors (Lipinski definition) is 3. The van der Waals surface area contributed by atoms with Gasteiger partial charge in [-0.25, -0.2) is 0 Å². The average Bonchev–Trinajstić information content (AvgIpc) is 2.77. The minimum Gasteiger partial charge on any atom is -0.397 e. The minimum atomic E-state index is 0.487. The second-order valence-corrected chi connectivity index (χ2v) is 6.98. The van der Waals surface area contributed by atoms with Crippen molar-refractivity contribution in [1.82, 2.24) is 0 Å². The SMILES string of the molecule is NC(=NCc1ccccc1)c1ccc(NCc2cccc3ccccc23)c(N)c1. The third-order valence-corrected chi connectivity index (χ3v) is 4.97. The van der Waals surface area contributed by atoms with E-state index in [-0.39, 0.29) is 0 Å². The molecule has 4 aromatic rings. The van der Waals surface area contributed by atoms with Gasteiger partial charge in [-0.2, -0.15) is 0 Å². The normalized spacial score (nSPS) is 11.5. The number of nitrogens with one attached hydrogen (secondary N) is 1. The van der Waals surface area contributed by atoms with E-state index in [1.54, 1.807) is 0 Å². The van der Waals surface area contributed by atoms with Crippen LogP contribution in [0.1, 0.15) is 16.7 Å². The van der Waals surface area contributed by atoms with Crippen LogP contribution in [0.25, 0.3) is 10.8 Å². The third kappa shape index (κ3) is 4.38. The van der Waals surface area contributed by atoms with Gasteiger partial charge in [0.15, 0.2) is 0 Å². The number of nitrogens with two attached hydrogens (primary N) is 2. The predicted molar refractivity (Wildman–Crippen MR) is 123 cm³/mol. The standard InChI is InChI=1S/C25H24N4/c26-23-15-20(25(27)29-16-18-7-2-1-3-8-18)13-14-24(23)28-17-21-11-6-10-19-9-4-5-12-22(19)21/h1-15,28H,16-17,26H2,(H2,27,29). The topological polar surface area (TPSA) is 76.4 Å². The number of fused-ring (bicyclic) bond motifs is 1. The number of amidine groups is 1. The number of nitrogen functional groups attached to an aromatic ring is 1. The zero-order chi connectivity index (χ0) is 20.1. The van der Waals surface area contributed by atoms with Gasteiger partial charge in [-0.15, -0.1) is 0 Å². The van der Waals surface area contributed by atoms with Crippen LogP contribution in [-0.4, -0.2) is 5.84 Å². The Morgan fingerprint density at radius 1 is 0.828 bits per heavy atom. The van der Waals surface area contributed by atoms with Crippen molar-refractivity contribution < 1.29 is 0 Å². The van der Waals surface area contributed by atoms with Crippen LogP contribution in [0.15, 0.2) is 96.0 Å². The lowest BCUT2D eigenvalue weighted by molar-refractivity contribution is 1.06. The first-order valence-electron chi connectivity index (χ1n) is 9.65. The molecule has 0 aliphatic heterocycles. The first kappa shape index (κ1) is 18.6. The lowest BCUT2D eigenvalue weighted by Crippen LogP contribution is -2.14. The fraction of sp³-hybridized carbons (Fsp3) is 0.0800. The smallest absolute Gasteiger partial charge is 0.126 e. The fourth-order valence-electron chi connectivity index (χ4n) is 3.37. The van der Waals surface area contributed by atoms with Gasteiger partial charge in [0.1, 0.15) is 5.84 Å². The van der Waals surface area contributed by atoms with Crippen molar-refractivity contribution in [2.75, 3.05) is 11.1 Å². The molecule has 4 heteroatoms. The second kappa shape index (κ2) is 8.48.